The lowest BCUT2D eigenvalue weighted by Crippen LogP contribution is -2.17. The molecular formula is C29H36N2O2. The Morgan fingerprint density at radius 3 is 2.91 bits per heavy atom. The molecule has 1 saturated carbocycles. The van der Waals surface area contributed by atoms with Gasteiger partial charge in [0.15, 0.2) is 0 Å². The Bertz CT molecular complexity index is 982. The zero-order valence-corrected chi connectivity index (χ0v) is 19.6. The summed E-state index contributed by atoms with van der Waals surface area (Å²) in [7, 11) is 0. The van der Waals surface area contributed by atoms with Gasteiger partial charge in [0.05, 0.1) is 6.10 Å². The fourth-order valence-electron chi connectivity index (χ4n) is 5.44. The number of anilines is 1. The van der Waals surface area contributed by atoms with Crippen molar-refractivity contribution in [3.05, 3.63) is 83.6 Å². The van der Waals surface area contributed by atoms with Gasteiger partial charge in [0.2, 0.25) is 5.91 Å². The minimum atomic E-state index is -0.219. The summed E-state index contributed by atoms with van der Waals surface area (Å²) in [4.78, 5) is 16.2. The summed E-state index contributed by atoms with van der Waals surface area (Å²) in [5.74, 6) is 1.97. The van der Waals surface area contributed by atoms with Crippen molar-refractivity contribution in [2.75, 3.05) is 5.32 Å². The number of pyridine rings is 1. The molecule has 2 aromatic rings. The monoisotopic (exact) mass is 444 g/mol. The van der Waals surface area contributed by atoms with Crippen LogP contribution in [0.3, 0.4) is 0 Å². The highest BCUT2D eigenvalue weighted by Gasteiger charge is 2.43. The van der Waals surface area contributed by atoms with Crippen molar-refractivity contribution in [1.82, 2.24) is 4.98 Å². The van der Waals surface area contributed by atoms with Gasteiger partial charge in [-0.3, -0.25) is 4.79 Å². The van der Waals surface area contributed by atoms with Crippen LogP contribution in [-0.4, -0.2) is 22.1 Å². The number of carbonyl (C=O) groups is 1. The molecule has 33 heavy (non-hydrogen) atoms. The number of aryl methyl sites for hydroxylation is 2. The number of hydrogen-bond acceptors (Lipinski definition) is 3. The predicted molar refractivity (Wildman–Crippen MR) is 134 cm³/mol. The number of carbonyl (C=O) groups excluding carboxylic acids is 1. The van der Waals surface area contributed by atoms with Gasteiger partial charge in [0, 0.05) is 18.5 Å². The fourth-order valence-corrected chi connectivity index (χ4v) is 5.44. The van der Waals surface area contributed by atoms with E-state index in [1.807, 2.05) is 18.2 Å². The lowest BCUT2D eigenvalue weighted by Gasteiger charge is -2.18. The SMILES string of the molecule is Cc1cccc(CCC=C[C@@H]2[C@H]3CC(CCCCC(=O)Nc4ccccn4)=C[C@H]3C[C@H]2O)c1. The van der Waals surface area contributed by atoms with E-state index in [1.54, 1.807) is 6.20 Å². The highest BCUT2D eigenvalue weighted by molar-refractivity contribution is 5.89. The number of amides is 1. The van der Waals surface area contributed by atoms with Crippen LogP contribution in [0.2, 0.25) is 0 Å². The van der Waals surface area contributed by atoms with E-state index in [-0.39, 0.29) is 17.9 Å². The molecule has 4 rings (SSSR count). The summed E-state index contributed by atoms with van der Waals surface area (Å²) in [5.41, 5.74) is 4.20. The average Bonchev–Trinajstić information content (AvgIpc) is 3.32. The van der Waals surface area contributed by atoms with Crippen molar-refractivity contribution in [2.45, 2.75) is 64.4 Å². The number of aromatic nitrogens is 1. The predicted octanol–water partition coefficient (Wildman–Crippen LogP) is 6.02. The largest absolute Gasteiger partial charge is 0.392 e. The molecule has 0 radical (unpaired) electrons. The van der Waals surface area contributed by atoms with Crippen molar-refractivity contribution in [3.8, 4) is 0 Å². The topological polar surface area (TPSA) is 62.2 Å². The lowest BCUT2D eigenvalue weighted by molar-refractivity contribution is -0.116. The van der Waals surface area contributed by atoms with Gasteiger partial charge in [-0.1, -0.05) is 59.7 Å². The normalized spacial score (nSPS) is 24.1. The van der Waals surface area contributed by atoms with Gasteiger partial charge in [0.25, 0.3) is 0 Å². The summed E-state index contributed by atoms with van der Waals surface area (Å²) in [5, 5.41) is 13.5. The van der Waals surface area contributed by atoms with Crippen LogP contribution in [0.4, 0.5) is 5.82 Å². The van der Waals surface area contributed by atoms with Crippen molar-refractivity contribution < 1.29 is 9.90 Å². The molecule has 1 fully saturated rings. The van der Waals surface area contributed by atoms with Crippen molar-refractivity contribution >= 4 is 11.7 Å². The third-order valence-electron chi connectivity index (χ3n) is 7.07. The molecule has 1 amide bonds. The first-order valence-electron chi connectivity index (χ1n) is 12.4. The van der Waals surface area contributed by atoms with Crippen LogP contribution in [0.15, 0.2) is 72.5 Å². The Labute approximate surface area is 197 Å². The van der Waals surface area contributed by atoms with Crippen LogP contribution in [0.5, 0.6) is 0 Å². The first-order chi connectivity index (χ1) is 16.1. The Morgan fingerprint density at radius 1 is 1.18 bits per heavy atom. The van der Waals surface area contributed by atoms with Crippen LogP contribution in [0, 0.1) is 24.7 Å². The molecule has 4 heteroatoms. The summed E-state index contributed by atoms with van der Waals surface area (Å²) in [6.45, 7) is 2.13. The molecule has 1 aromatic carbocycles. The zero-order valence-electron chi connectivity index (χ0n) is 19.6. The molecule has 4 atom stereocenters. The summed E-state index contributed by atoms with van der Waals surface area (Å²) >= 11 is 0. The van der Waals surface area contributed by atoms with E-state index in [4.69, 9.17) is 0 Å². The summed E-state index contributed by atoms with van der Waals surface area (Å²) in [6.07, 6.45) is 16.0. The van der Waals surface area contributed by atoms with Crippen molar-refractivity contribution in [1.29, 1.82) is 0 Å². The maximum absolute atomic E-state index is 12.1. The maximum atomic E-state index is 12.1. The molecule has 0 saturated heterocycles. The Hall–Kier alpha value is -2.72. The Morgan fingerprint density at radius 2 is 2.09 bits per heavy atom. The van der Waals surface area contributed by atoms with Gasteiger partial charge in [-0.25, -0.2) is 4.98 Å². The number of aliphatic hydroxyl groups excluding tert-OH is 1. The van der Waals surface area contributed by atoms with Crippen molar-refractivity contribution in [2.24, 2.45) is 17.8 Å². The van der Waals surface area contributed by atoms with Gasteiger partial charge in [-0.2, -0.15) is 0 Å². The number of allylic oxidation sites excluding steroid dienone is 3. The van der Waals surface area contributed by atoms with Gasteiger partial charge >= 0.3 is 0 Å². The Balaban J connectivity index is 1.17. The second-order valence-electron chi connectivity index (χ2n) is 9.66. The molecule has 4 nitrogen and oxygen atoms in total. The van der Waals surface area contributed by atoms with Crippen LogP contribution in [0.25, 0.3) is 0 Å². The number of rotatable bonds is 10. The Kier molecular flexibility index (Phi) is 8.11. The minimum absolute atomic E-state index is 0.0324. The van der Waals surface area contributed by atoms with E-state index in [2.05, 4.69) is 59.7 Å². The first kappa shape index (κ1) is 23.4. The van der Waals surface area contributed by atoms with Crippen LogP contribution in [0.1, 0.15) is 56.1 Å². The fraction of sp³-hybridized carbons (Fsp3) is 0.448. The van der Waals surface area contributed by atoms with Gasteiger partial charge in [-0.15, -0.1) is 0 Å². The zero-order chi connectivity index (χ0) is 23.0. The van der Waals surface area contributed by atoms with E-state index in [0.717, 1.165) is 44.9 Å². The van der Waals surface area contributed by atoms with E-state index in [9.17, 15) is 9.90 Å². The van der Waals surface area contributed by atoms with E-state index < -0.39 is 0 Å². The number of unbranched alkanes of at least 4 members (excludes halogenated alkanes) is 1. The highest BCUT2D eigenvalue weighted by Crippen LogP contribution is 2.48. The standard InChI is InChI=1S/C29H36N2O2/c1-21-9-8-12-22(17-21)10-2-4-13-25-26-19-23(18-24(26)20-27(25)32)11-3-5-15-29(33)31-28-14-6-7-16-30-28/h4,6-9,12-14,16-18,24-27,32H,2-3,5,10-11,15,19-20H2,1H3,(H,30,31,33)/t24-,25+,26-,27+/m0/s1. The number of aliphatic hydroxyl groups is 1. The molecule has 1 aromatic heterocycles. The number of nitrogens with zero attached hydrogens (tertiary/aromatic N) is 1. The second-order valence-corrected chi connectivity index (χ2v) is 9.66. The summed E-state index contributed by atoms with van der Waals surface area (Å²) in [6, 6.07) is 14.2. The lowest BCUT2D eigenvalue weighted by atomic mass is 9.88. The first-order valence-corrected chi connectivity index (χ1v) is 12.4. The third kappa shape index (κ3) is 6.64. The molecule has 0 unspecified atom stereocenters. The van der Waals surface area contributed by atoms with Crippen molar-refractivity contribution in [3.63, 3.8) is 0 Å². The molecule has 2 N–H and O–H groups in total. The molecule has 0 aliphatic heterocycles. The summed E-state index contributed by atoms with van der Waals surface area (Å²) < 4.78 is 0. The molecular weight excluding hydrogens is 408 g/mol. The molecule has 1 heterocycles. The van der Waals surface area contributed by atoms with E-state index >= 15 is 0 Å². The smallest absolute Gasteiger partial charge is 0.225 e. The van der Waals surface area contributed by atoms with Crippen LogP contribution >= 0.6 is 0 Å². The van der Waals surface area contributed by atoms with Crippen LogP contribution < -0.4 is 5.32 Å². The van der Waals surface area contributed by atoms with E-state index in [0.29, 0.717) is 24.1 Å². The molecule has 174 valence electrons. The van der Waals surface area contributed by atoms with Gasteiger partial charge < -0.3 is 10.4 Å². The van der Waals surface area contributed by atoms with E-state index in [1.165, 1.54) is 16.7 Å². The minimum Gasteiger partial charge on any atom is -0.392 e. The third-order valence-corrected chi connectivity index (χ3v) is 7.07. The average molecular weight is 445 g/mol. The number of nitrogens with one attached hydrogen (secondary N) is 1. The molecule has 2 aliphatic rings. The quantitative estimate of drug-likeness (QED) is 0.348. The number of fused-ring (bicyclic) bond motifs is 1. The molecule has 2 aliphatic carbocycles. The molecule has 0 bridgehead atoms. The highest BCUT2D eigenvalue weighted by atomic mass is 16.3. The number of hydrogen-bond donors (Lipinski definition) is 2. The van der Waals surface area contributed by atoms with Gasteiger partial charge in [-0.05, 0) is 81.4 Å². The molecule has 0 spiro atoms. The van der Waals surface area contributed by atoms with Crippen LogP contribution in [-0.2, 0) is 11.2 Å². The maximum Gasteiger partial charge on any atom is 0.225 e. The number of benzene rings is 1. The second kappa shape index (κ2) is 11.4. The van der Waals surface area contributed by atoms with Gasteiger partial charge in [0.1, 0.15) is 5.82 Å².